The summed E-state index contributed by atoms with van der Waals surface area (Å²) < 4.78 is 1.80. The fraction of sp³-hybridized carbons (Fsp3) is 0.294. The van der Waals surface area contributed by atoms with Crippen LogP contribution in [-0.4, -0.2) is 37.1 Å². The second-order valence-corrected chi connectivity index (χ2v) is 6.73. The smallest absolute Gasteiger partial charge is 0.254 e. The van der Waals surface area contributed by atoms with Gasteiger partial charge in [-0.05, 0) is 37.5 Å². The highest BCUT2D eigenvalue weighted by Gasteiger charge is 2.30. The van der Waals surface area contributed by atoms with Gasteiger partial charge in [0.15, 0.2) is 0 Å². The lowest BCUT2D eigenvalue weighted by Gasteiger charge is -2.34. The molecule has 0 bridgehead atoms. The Kier molecular flexibility index (Phi) is 4.08. The summed E-state index contributed by atoms with van der Waals surface area (Å²) in [4.78, 5) is 19.5. The van der Waals surface area contributed by atoms with Crippen LogP contribution in [0, 0.1) is 0 Å². The van der Waals surface area contributed by atoms with Crippen LogP contribution in [0.4, 0.5) is 0 Å². The van der Waals surface area contributed by atoms with Crippen molar-refractivity contribution in [2.75, 3.05) is 6.54 Å². The second-order valence-electron chi connectivity index (χ2n) is 5.80. The zero-order valence-corrected chi connectivity index (χ0v) is 13.9. The van der Waals surface area contributed by atoms with Crippen LogP contribution in [0.1, 0.15) is 40.7 Å². The molecule has 1 aromatic carbocycles. The first-order valence-corrected chi connectivity index (χ1v) is 8.86. The molecule has 0 spiro atoms. The molecule has 4 rings (SSSR count). The number of rotatable bonds is 3. The van der Waals surface area contributed by atoms with E-state index < -0.39 is 0 Å². The van der Waals surface area contributed by atoms with Gasteiger partial charge in [0.1, 0.15) is 17.7 Å². The Bertz CT molecular complexity index is 815. The van der Waals surface area contributed by atoms with Crippen LogP contribution in [0.3, 0.4) is 0 Å². The minimum atomic E-state index is 0.0600. The standard InChI is InChI=1S/C17H17N5OS/c23-17(13-4-3-5-14(10-13)21-11-19-20-12-21)22-8-2-1-6-15(22)16-18-7-9-24-16/h3-5,7,9-12,15H,1-2,6,8H2/t15-/m0/s1. The number of carbonyl (C=O) groups excluding carboxylic acids is 1. The van der Waals surface area contributed by atoms with Gasteiger partial charge in [-0.25, -0.2) is 4.98 Å². The normalized spacial score (nSPS) is 17.8. The molecule has 3 aromatic rings. The molecule has 1 aliphatic heterocycles. The molecule has 24 heavy (non-hydrogen) atoms. The molecule has 0 radical (unpaired) electrons. The fourth-order valence-corrected chi connectivity index (χ4v) is 3.91. The predicted molar refractivity (Wildman–Crippen MR) is 91.1 cm³/mol. The maximum absolute atomic E-state index is 13.1. The van der Waals surface area contributed by atoms with Crippen LogP contribution in [0.2, 0.25) is 0 Å². The Morgan fingerprint density at radius 1 is 1.21 bits per heavy atom. The summed E-state index contributed by atoms with van der Waals surface area (Å²) in [6.07, 6.45) is 8.22. The number of amides is 1. The van der Waals surface area contributed by atoms with E-state index in [1.807, 2.05) is 40.7 Å². The zero-order chi connectivity index (χ0) is 16.4. The lowest BCUT2D eigenvalue weighted by Crippen LogP contribution is -2.38. The molecule has 1 fully saturated rings. The van der Waals surface area contributed by atoms with Crippen molar-refractivity contribution in [2.45, 2.75) is 25.3 Å². The fourth-order valence-electron chi connectivity index (χ4n) is 3.13. The van der Waals surface area contributed by atoms with Gasteiger partial charge in [0, 0.05) is 29.4 Å². The number of benzene rings is 1. The molecule has 0 saturated carbocycles. The molecule has 1 amide bonds. The molecular weight excluding hydrogens is 322 g/mol. The van der Waals surface area contributed by atoms with E-state index in [0.29, 0.717) is 5.56 Å². The highest BCUT2D eigenvalue weighted by molar-refractivity contribution is 7.09. The molecule has 7 heteroatoms. The summed E-state index contributed by atoms with van der Waals surface area (Å²) in [7, 11) is 0. The molecule has 1 aliphatic rings. The third-order valence-corrected chi connectivity index (χ3v) is 5.19. The SMILES string of the molecule is O=C(c1cccc(-n2cnnc2)c1)N1CCCC[C@H]1c1nccs1. The third-order valence-electron chi connectivity index (χ3n) is 4.31. The Morgan fingerprint density at radius 2 is 2.08 bits per heavy atom. The summed E-state index contributed by atoms with van der Waals surface area (Å²) in [5.41, 5.74) is 1.57. The van der Waals surface area contributed by atoms with Crippen molar-refractivity contribution in [1.82, 2.24) is 24.6 Å². The average molecular weight is 339 g/mol. The number of carbonyl (C=O) groups is 1. The van der Waals surface area contributed by atoms with Gasteiger partial charge in [0.2, 0.25) is 0 Å². The van der Waals surface area contributed by atoms with Crippen molar-refractivity contribution in [3.8, 4) is 5.69 Å². The topological polar surface area (TPSA) is 63.9 Å². The van der Waals surface area contributed by atoms with Crippen LogP contribution < -0.4 is 0 Å². The highest BCUT2D eigenvalue weighted by atomic mass is 32.1. The number of hydrogen-bond acceptors (Lipinski definition) is 5. The quantitative estimate of drug-likeness (QED) is 0.735. The van der Waals surface area contributed by atoms with E-state index >= 15 is 0 Å². The van der Waals surface area contributed by atoms with Gasteiger partial charge in [-0.15, -0.1) is 21.5 Å². The van der Waals surface area contributed by atoms with E-state index in [4.69, 9.17) is 0 Å². The Balaban J connectivity index is 1.63. The molecule has 2 aromatic heterocycles. The maximum atomic E-state index is 13.1. The van der Waals surface area contributed by atoms with Crippen molar-refractivity contribution in [1.29, 1.82) is 0 Å². The zero-order valence-electron chi connectivity index (χ0n) is 13.1. The molecule has 6 nitrogen and oxygen atoms in total. The van der Waals surface area contributed by atoms with Crippen molar-refractivity contribution >= 4 is 17.2 Å². The Labute approximate surface area is 143 Å². The monoisotopic (exact) mass is 339 g/mol. The van der Waals surface area contributed by atoms with E-state index in [0.717, 1.165) is 36.5 Å². The van der Waals surface area contributed by atoms with Gasteiger partial charge in [-0.1, -0.05) is 6.07 Å². The molecule has 0 aliphatic carbocycles. The van der Waals surface area contributed by atoms with Gasteiger partial charge in [0.25, 0.3) is 5.91 Å². The first kappa shape index (κ1) is 15.0. The number of nitrogens with zero attached hydrogens (tertiary/aromatic N) is 5. The number of thiazole rings is 1. The summed E-state index contributed by atoms with van der Waals surface area (Å²) in [6, 6.07) is 7.67. The molecule has 1 saturated heterocycles. The number of aromatic nitrogens is 4. The lowest BCUT2D eigenvalue weighted by atomic mass is 10.0. The molecule has 0 N–H and O–H groups in total. The highest BCUT2D eigenvalue weighted by Crippen LogP contribution is 2.33. The number of likely N-dealkylation sites (tertiary alicyclic amines) is 1. The Morgan fingerprint density at radius 3 is 2.88 bits per heavy atom. The van der Waals surface area contributed by atoms with Gasteiger partial charge in [-0.2, -0.15) is 0 Å². The van der Waals surface area contributed by atoms with Crippen LogP contribution in [-0.2, 0) is 0 Å². The van der Waals surface area contributed by atoms with Gasteiger partial charge >= 0.3 is 0 Å². The van der Waals surface area contributed by atoms with Crippen LogP contribution in [0.5, 0.6) is 0 Å². The van der Waals surface area contributed by atoms with E-state index in [1.54, 1.807) is 28.6 Å². The van der Waals surface area contributed by atoms with Crippen LogP contribution in [0.25, 0.3) is 5.69 Å². The van der Waals surface area contributed by atoms with Crippen LogP contribution >= 0.6 is 11.3 Å². The van der Waals surface area contributed by atoms with Gasteiger partial charge < -0.3 is 4.90 Å². The number of hydrogen-bond donors (Lipinski definition) is 0. The molecule has 122 valence electrons. The summed E-state index contributed by atoms with van der Waals surface area (Å²) >= 11 is 1.62. The minimum Gasteiger partial charge on any atom is -0.329 e. The summed E-state index contributed by atoms with van der Waals surface area (Å²) in [6.45, 7) is 0.778. The third kappa shape index (κ3) is 2.82. The van der Waals surface area contributed by atoms with Crippen LogP contribution in [0.15, 0.2) is 48.5 Å². The first-order valence-electron chi connectivity index (χ1n) is 7.98. The molecule has 0 unspecified atom stereocenters. The van der Waals surface area contributed by atoms with Gasteiger partial charge in [-0.3, -0.25) is 9.36 Å². The van der Waals surface area contributed by atoms with Gasteiger partial charge in [0.05, 0.1) is 6.04 Å². The summed E-state index contributed by atoms with van der Waals surface area (Å²) in [5.74, 6) is 0.0600. The van der Waals surface area contributed by atoms with Crippen molar-refractivity contribution in [2.24, 2.45) is 0 Å². The van der Waals surface area contributed by atoms with E-state index in [-0.39, 0.29) is 11.9 Å². The molecule has 1 atom stereocenters. The lowest BCUT2D eigenvalue weighted by molar-refractivity contribution is 0.0611. The first-order chi connectivity index (χ1) is 11.8. The number of piperidine rings is 1. The van der Waals surface area contributed by atoms with E-state index in [9.17, 15) is 4.79 Å². The Hall–Kier alpha value is -2.54. The predicted octanol–water partition coefficient (Wildman–Crippen LogP) is 3.09. The molecular formula is C17H17N5OS. The average Bonchev–Trinajstić information content (AvgIpc) is 3.35. The van der Waals surface area contributed by atoms with Crippen molar-refractivity contribution in [3.05, 3.63) is 59.1 Å². The molecule has 3 heterocycles. The van der Waals surface area contributed by atoms with E-state index in [1.165, 1.54) is 0 Å². The van der Waals surface area contributed by atoms with Crippen molar-refractivity contribution in [3.63, 3.8) is 0 Å². The van der Waals surface area contributed by atoms with Crippen molar-refractivity contribution < 1.29 is 4.79 Å². The largest absolute Gasteiger partial charge is 0.329 e. The minimum absolute atomic E-state index is 0.0600. The second kappa shape index (κ2) is 6.52. The van der Waals surface area contributed by atoms with E-state index in [2.05, 4.69) is 15.2 Å². The summed E-state index contributed by atoms with van der Waals surface area (Å²) in [5, 5.41) is 10.6. The maximum Gasteiger partial charge on any atom is 0.254 e.